The number of carbonyl (C=O) groups excluding carboxylic acids is 1. The Kier molecular flexibility index (Phi) is 6.11. The number of methoxy groups -OCH3 is 1. The fourth-order valence-corrected chi connectivity index (χ4v) is 3.16. The molecule has 0 unspecified atom stereocenters. The van der Waals surface area contributed by atoms with Gasteiger partial charge in [-0.05, 0) is 31.2 Å². The molecule has 0 saturated carbocycles. The highest BCUT2D eigenvalue weighted by molar-refractivity contribution is 5.94. The van der Waals surface area contributed by atoms with Crippen LogP contribution >= 0.6 is 0 Å². The van der Waals surface area contributed by atoms with Crippen LogP contribution in [0.3, 0.4) is 0 Å². The molecule has 1 amide bonds. The Labute approximate surface area is 188 Å². The Bertz CT molecular complexity index is 1340. The van der Waals surface area contributed by atoms with Gasteiger partial charge in [-0.1, -0.05) is 18.2 Å². The third-order valence-corrected chi connectivity index (χ3v) is 4.87. The Morgan fingerprint density at radius 2 is 2.00 bits per heavy atom. The van der Waals surface area contributed by atoms with Gasteiger partial charge in [0.15, 0.2) is 11.5 Å². The Hall–Kier alpha value is -4.54. The van der Waals surface area contributed by atoms with E-state index < -0.39 is 10.8 Å². The number of rotatable bonds is 8. The molecule has 1 N–H and O–H groups in total. The maximum Gasteiger partial charge on any atom is 0.273 e. The molecule has 2 aromatic heterocycles. The molecule has 0 bridgehead atoms. The molecule has 0 spiro atoms. The lowest BCUT2D eigenvalue weighted by molar-refractivity contribution is -0.385. The quantitative estimate of drug-likeness (QED) is 0.247. The van der Waals surface area contributed by atoms with E-state index in [1.165, 1.54) is 6.07 Å². The van der Waals surface area contributed by atoms with Gasteiger partial charge in [-0.25, -0.2) is 0 Å². The molecule has 4 aromatic rings. The predicted octanol–water partition coefficient (Wildman–Crippen LogP) is 2.83. The van der Waals surface area contributed by atoms with E-state index >= 15 is 0 Å². The first-order chi connectivity index (χ1) is 16.0. The predicted molar refractivity (Wildman–Crippen MR) is 118 cm³/mol. The summed E-state index contributed by atoms with van der Waals surface area (Å²) in [5, 5.41) is 26.5. The molecule has 11 heteroatoms. The van der Waals surface area contributed by atoms with Crippen molar-refractivity contribution >= 4 is 17.2 Å². The van der Waals surface area contributed by atoms with E-state index in [0.29, 0.717) is 28.7 Å². The Morgan fingerprint density at radius 1 is 1.15 bits per heavy atom. The molecule has 0 saturated heterocycles. The number of aromatic nitrogens is 4. The van der Waals surface area contributed by atoms with E-state index in [1.54, 1.807) is 42.8 Å². The summed E-state index contributed by atoms with van der Waals surface area (Å²) >= 11 is 0. The molecule has 2 heterocycles. The van der Waals surface area contributed by atoms with E-state index in [1.807, 2.05) is 24.3 Å². The number of nitrogens with zero attached hydrogens (tertiary/aromatic N) is 5. The molecule has 0 aliphatic rings. The van der Waals surface area contributed by atoms with Crippen molar-refractivity contribution in [3.05, 3.63) is 75.8 Å². The summed E-state index contributed by atoms with van der Waals surface area (Å²) in [6.07, 6.45) is 0. The van der Waals surface area contributed by atoms with Crippen molar-refractivity contribution in [1.29, 1.82) is 0 Å². The SMILES string of the molecule is COc1cccc(-c2nnc3ccc(OCCNC(=O)c4ccc(C)c([N+](=O)[O-])c4)nn23)c1. The molecule has 0 radical (unpaired) electrons. The highest BCUT2D eigenvalue weighted by Gasteiger charge is 2.15. The summed E-state index contributed by atoms with van der Waals surface area (Å²) in [4.78, 5) is 22.9. The number of carbonyl (C=O) groups is 1. The first-order valence-electron chi connectivity index (χ1n) is 9.99. The zero-order valence-electron chi connectivity index (χ0n) is 17.9. The number of nitro benzene ring substituents is 1. The van der Waals surface area contributed by atoms with E-state index in [0.717, 1.165) is 5.56 Å². The molecule has 2 aromatic carbocycles. The second kappa shape index (κ2) is 9.30. The minimum Gasteiger partial charge on any atom is -0.497 e. The van der Waals surface area contributed by atoms with Gasteiger partial charge in [0.1, 0.15) is 12.4 Å². The molecular formula is C22H20N6O5. The van der Waals surface area contributed by atoms with Crippen molar-refractivity contribution < 1.29 is 19.2 Å². The first kappa shape index (κ1) is 21.7. The topological polar surface area (TPSA) is 134 Å². The summed E-state index contributed by atoms with van der Waals surface area (Å²) in [6.45, 7) is 1.95. The minimum absolute atomic E-state index is 0.0998. The number of hydrogen-bond acceptors (Lipinski definition) is 8. The van der Waals surface area contributed by atoms with Crippen LogP contribution in [0.15, 0.2) is 54.6 Å². The lowest BCUT2D eigenvalue weighted by atomic mass is 10.1. The van der Waals surface area contributed by atoms with Crippen LogP contribution in [0.4, 0.5) is 5.69 Å². The van der Waals surface area contributed by atoms with E-state index in [4.69, 9.17) is 9.47 Å². The molecule has 33 heavy (non-hydrogen) atoms. The average molecular weight is 448 g/mol. The number of benzene rings is 2. The number of ether oxygens (including phenoxy) is 2. The number of amides is 1. The van der Waals surface area contributed by atoms with Crippen molar-refractivity contribution in [2.45, 2.75) is 6.92 Å². The van der Waals surface area contributed by atoms with Gasteiger partial charge < -0.3 is 14.8 Å². The number of fused-ring (bicyclic) bond motifs is 1. The third-order valence-electron chi connectivity index (χ3n) is 4.87. The zero-order chi connectivity index (χ0) is 23.4. The van der Waals surface area contributed by atoms with Crippen molar-refractivity contribution in [3.8, 4) is 23.0 Å². The molecule has 0 atom stereocenters. The highest BCUT2D eigenvalue weighted by atomic mass is 16.6. The largest absolute Gasteiger partial charge is 0.497 e. The monoisotopic (exact) mass is 448 g/mol. The van der Waals surface area contributed by atoms with Crippen molar-refractivity contribution in [2.24, 2.45) is 0 Å². The fraction of sp³-hybridized carbons (Fsp3) is 0.182. The maximum absolute atomic E-state index is 12.3. The average Bonchev–Trinajstić information content (AvgIpc) is 3.25. The Balaban J connectivity index is 1.40. The standard InChI is InChI=1S/C22H20N6O5/c1-14-6-7-16(13-18(14)28(30)31)22(29)23-10-11-33-20-9-8-19-24-25-21(27(19)26-20)15-4-3-5-17(12-15)32-2/h3-9,12-13H,10-11H2,1-2H3,(H,23,29). The van der Waals surface area contributed by atoms with Gasteiger partial charge in [0.05, 0.1) is 18.6 Å². The van der Waals surface area contributed by atoms with Gasteiger partial charge >= 0.3 is 0 Å². The number of aryl methyl sites for hydroxylation is 1. The van der Waals surface area contributed by atoms with Crippen LogP contribution in [0, 0.1) is 17.0 Å². The molecule has 168 valence electrons. The molecule has 11 nitrogen and oxygen atoms in total. The second-order valence-electron chi connectivity index (χ2n) is 7.06. The molecule has 0 aliphatic carbocycles. The molecule has 4 rings (SSSR count). The van der Waals surface area contributed by atoms with Crippen LogP contribution in [0.25, 0.3) is 17.0 Å². The molecule has 0 aliphatic heterocycles. The lowest BCUT2D eigenvalue weighted by Crippen LogP contribution is -2.28. The summed E-state index contributed by atoms with van der Waals surface area (Å²) in [7, 11) is 1.59. The highest BCUT2D eigenvalue weighted by Crippen LogP contribution is 2.23. The smallest absolute Gasteiger partial charge is 0.273 e. The third kappa shape index (κ3) is 4.71. The van der Waals surface area contributed by atoms with Gasteiger partial charge in [-0.15, -0.1) is 15.3 Å². The van der Waals surface area contributed by atoms with Crippen molar-refractivity contribution in [3.63, 3.8) is 0 Å². The number of nitro groups is 1. The van der Waals surface area contributed by atoms with E-state index in [2.05, 4.69) is 20.6 Å². The normalized spacial score (nSPS) is 10.7. The lowest BCUT2D eigenvalue weighted by Gasteiger charge is -2.08. The van der Waals surface area contributed by atoms with Crippen LogP contribution in [0.2, 0.25) is 0 Å². The second-order valence-corrected chi connectivity index (χ2v) is 7.06. The van der Waals surface area contributed by atoms with Gasteiger partial charge in [0.25, 0.3) is 11.6 Å². The molecule has 0 fully saturated rings. The Morgan fingerprint density at radius 3 is 2.79 bits per heavy atom. The van der Waals surface area contributed by atoms with Gasteiger partial charge in [-0.2, -0.15) is 4.52 Å². The van der Waals surface area contributed by atoms with E-state index in [-0.39, 0.29) is 24.4 Å². The first-order valence-corrected chi connectivity index (χ1v) is 9.99. The summed E-state index contributed by atoms with van der Waals surface area (Å²) in [6, 6.07) is 15.1. The van der Waals surface area contributed by atoms with Crippen LogP contribution in [-0.2, 0) is 0 Å². The summed E-state index contributed by atoms with van der Waals surface area (Å²) in [5.41, 5.74) is 1.93. The van der Waals surface area contributed by atoms with Crippen LogP contribution < -0.4 is 14.8 Å². The maximum atomic E-state index is 12.3. The van der Waals surface area contributed by atoms with Gasteiger partial charge in [0, 0.05) is 28.8 Å². The van der Waals surface area contributed by atoms with Crippen molar-refractivity contribution in [1.82, 2.24) is 25.1 Å². The minimum atomic E-state index is -0.512. The van der Waals surface area contributed by atoms with Crippen molar-refractivity contribution in [2.75, 3.05) is 20.3 Å². The zero-order valence-corrected chi connectivity index (χ0v) is 17.9. The van der Waals surface area contributed by atoms with Crippen LogP contribution in [-0.4, -0.2) is 50.9 Å². The van der Waals surface area contributed by atoms with Crippen LogP contribution in [0.5, 0.6) is 11.6 Å². The van der Waals surface area contributed by atoms with Gasteiger partial charge in [-0.3, -0.25) is 14.9 Å². The molecular weight excluding hydrogens is 428 g/mol. The number of hydrogen-bond donors (Lipinski definition) is 1. The summed E-state index contributed by atoms with van der Waals surface area (Å²) in [5.74, 6) is 1.12. The van der Waals surface area contributed by atoms with Crippen LogP contribution in [0.1, 0.15) is 15.9 Å². The summed E-state index contributed by atoms with van der Waals surface area (Å²) < 4.78 is 12.5. The van der Waals surface area contributed by atoms with E-state index in [9.17, 15) is 14.9 Å². The number of nitrogens with one attached hydrogen (secondary N) is 1. The fourth-order valence-electron chi connectivity index (χ4n) is 3.16. The van der Waals surface area contributed by atoms with Gasteiger partial charge in [0.2, 0.25) is 5.88 Å².